The summed E-state index contributed by atoms with van der Waals surface area (Å²) in [5.74, 6) is 0.0943. The van der Waals surface area contributed by atoms with E-state index in [9.17, 15) is 23.1 Å². The molecular formula is C24H32F3N3O3. The summed E-state index contributed by atoms with van der Waals surface area (Å²) in [7, 11) is 0. The number of carboxylic acid groups (broad SMARTS) is 1. The zero-order valence-corrected chi connectivity index (χ0v) is 19.0. The molecule has 1 fully saturated rings. The summed E-state index contributed by atoms with van der Waals surface area (Å²) in [6, 6.07) is 4.21. The predicted molar refractivity (Wildman–Crippen MR) is 118 cm³/mol. The maximum absolute atomic E-state index is 13.7. The van der Waals surface area contributed by atoms with Gasteiger partial charge in [-0.15, -0.1) is 0 Å². The fourth-order valence-electron chi connectivity index (χ4n) is 4.34. The SMILES string of the molecule is CCCCCCCCCc1ccc(-c2noc([C@@H]3CCCN(C(=O)O)C3)n2)cc1C(F)(F)F. The molecule has 1 N–H and O–H groups in total. The van der Waals surface area contributed by atoms with Crippen molar-refractivity contribution in [1.82, 2.24) is 15.0 Å². The number of halogens is 3. The Morgan fingerprint density at radius 2 is 1.91 bits per heavy atom. The van der Waals surface area contributed by atoms with E-state index >= 15 is 0 Å². The van der Waals surface area contributed by atoms with Gasteiger partial charge in [-0.2, -0.15) is 18.2 Å². The fourth-order valence-corrected chi connectivity index (χ4v) is 4.34. The van der Waals surface area contributed by atoms with Gasteiger partial charge >= 0.3 is 12.3 Å². The van der Waals surface area contributed by atoms with Gasteiger partial charge in [0.1, 0.15) is 0 Å². The Morgan fingerprint density at radius 3 is 2.61 bits per heavy atom. The van der Waals surface area contributed by atoms with E-state index in [2.05, 4.69) is 17.1 Å². The maximum atomic E-state index is 13.7. The van der Waals surface area contributed by atoms with E-state index < -0.39 is 17.8 Å². The van der Waals surface area contributed by atoms with Crippen molar-refractivity contribution in [3.05, 3.63) is 35.2 Å². The molecule has 2 heterocycles. The van der Waals surface area contributed by atoms with Crippen LogP contribution in [0.1, 0.15) is 87.6 Å². The number of unbranched alkanes of at least 4 members (excludes halogenated alkanes) is 6. The van der Waals surface area contributed by atoms with E-state index in [-0.39, 0.29) is 35.3 Å². The van der Waals surface area contributed by atoms with Crippen molar-refractivity contribution in [2.75, 3.05) is 13.1 Å². The van der Waals surface area contributed by atoms with Crippen LogP contribution in [0.3, 0.4) is 0 Å². The molecule has 1 amide bonds. The van der Waals surface area contributed by atoms with Gasteiger partial charge in [0.25, 0.3) is 0 Å². The van der Waals surface area contributed by atoms with Gasteiger partial charge in [0.15, 0.2) is 0 Å². The summed E-state index contributed by atoms with van der Waals surface area (Å²) in [5, 5.41) is 13.1. The Balaban J connectivity index is 1.68. The molecule has 0 aliphatic carbocycles. The Bertz CT molecular complexity index is 914. The number of amides is 1. The molecule has 3 rings (SSSR count). The van der Waals surface area contributed by atoms with Crippen LogP contribution in [-0.4, -0.2) is 39.3 Å². The lowest BCUT2D eigenvalue weighted by Gasteiger charge is -2.28. The highest BCUT2D eigenvalue weighted by atomic mass is 19.4. The molecule has 9 heteroatoms. The number of benzene rings is 1. The highest BCUT2D eigenvalue weighted by molar-refractivity contribution is 5.65. The fraction of sp³-hybridized carbons (Fsp3) is 0.625. The topological polar surface area (TPSA) is 79.5 Å². The van der Waals surface area contributed by atoms with Crippen molar-refractivity contribution >= 4 is 6.09 Å². The number of carbonyl (C=O) groups is 1. The second kappa shape index (κ2) is 11.5. The molecule has 1 aromatic heterocycles. The van der Waals surface area contributed by atoms with Crippen LogP contribution in [0.4, 0.5) is 18.0 Å². The normalized spacial score (nSPS) is 16.8. The predicted octanol–water partition coefficient (Wildman–Crippen LogP) is 6.91. The van der Waals surface area contributed by atoms with E-state index in [1.807, 2.05) is 0 Å². The van der Waals surface area contributed by atoms with Crippen LogP contribution in [0.2, 0.25) is 0 Å². The van der Waals surface area contributed by atoms with Crippen LogP contribution in [0.25, 0.3) is 11.4 Å². The monoisotopic (exact) mass is 467 g/mol. The number of likely N-dealkylation sites (tertiary alicyclic amines) is 1. The first-order valence-electron chi connectivity index (χ1n) is 11.8. The molecule has 0 spiro atoms. The maximum Gasteiger partial charge on any atom is 0.416 e. The quantitative estimate of drug-likeness (QED) is 0.384. The molecule has 6 nitrogen and oxygen atoms in total. The molecule has 1 aliphatic heterocycles. The summed E-state index contributed by atoms with van der Waals surface area (Å²) in [6.45, 7) is 2.84. The van der Waals surface area contributed by atoms with Crippen LogP contribution in [0, 0.1) is 0 Å². The van der Waals surface area contributed by atoms with Gasteiger partial charge in [0.05, 0.1) is 11.5 Å². The molecule has 1 aromatic carbocycles. The standard InChI is InChI=1S/C24H32F3N3O3/c1-2-3-4-5-6-7-8-10-17-12-13-18(15-20(17)24(25,26)27)21-28-22(33-29-21)19-11-9-14-30(16-19)23(31)32/h12-13,15,19H,2-11,14,16H2,1H3,(H,31,32)/t19-/m1/s1. The summed E-state index contributed by atoms with van der Waals surface area (Å²) in [4.78, 5) is 16.8. The smallest absolute Gasteiger partial charge is 0.416 e. The van der Waals surface area contributed by atoms with Gasteiger partial charge in [-0.1, -0.05) is 62.7 Å². The van der Waals surface area contributed by atoms with Crippen molar-refractivity contribution < 1.29 is 27.6 Å². The number of piperidine rings is 1. The number of hydrogen-bond acceptors (Lipinski definition) is 4. The third-order valence-electron chi connectivity index (χ3n) is 6.21. The Hall–Kier alpha value is -2.58. The van der Waals surface area contributed by atoms with Gasteiger partial charge in [0, 0.05) is 18.7 Å². The zero-order chi connectivity index (χ0) is 23.8. The van der Waals surface area contributed by atoms with E-state index in [4.69, 9.17) is 4.52 Å². The van der Waals surface area contributed by atoms with Crippen molar-refractivity contribution in [2.24, 2.45) is 0 Å². The highest BCUT2D eigenvalue weighted by Crippen LogP contribution is 2.36. The minimum absolute atomic E-state index is 0.0884. The molecule has 0 bridgehead atoms. The summed E-state index contributed by atoms with van der Waals surface area (Å²) in [6.07, 6.45) is 3.64. The number of rotatable bonds is 10. The van der Waals surface area contributed by atoms with Crippen LogP contribution in [-0.2, 0) is 12.6 Å². The minimum Gasteiger partial charge on any atom is -0.465 e. The van der Waals surface area contributed by atoms with E-state index in [0.29, 0.717) is 25.8 Å². The molecule has 182 valence electrons. The molecule has 0 radical (unpaired) electrons. The van der Waals surface area contributed by atoms with Gasteiger partial charge < -0.3 is 14.5 Å². The first-order chi connectivity index (χ1) is 15.8. The highest BCUT2D eigenvalue weighted by Gasteiger charge is 2.34. The molecule has 1 atom stereocenters. The van der Waals surface area contributed by atoms with Crippen molar-refractivity contribution in [3.63, 3.8) is 0 Å². The van der Waals surface area contributed by atoms with Gasteiger partial charge in [-0.25, -0.2) is 4.79 Å². The van der Waals surface area contributed by atoms with Gasteiger partial charge in [-0.05, 0) is 37.3 Å². The third kappa shape index (κ3) is 6.95. The molecule has 1 aliphatic rings. The lowest BCUT2D eigenvalue weighted by Crippen LogP contribution is -2.38. The zero-order valence-electron chi connectivity index (χ0n) is 19.0. The summed E-state index contributed by atoms with van der Waals surface area (Å²) >= 11 is 0. The molecule has 0 saturated carbocycles. The Labute approximate surface area is 192 Å². The number of nitrogens with zero attached hydrogens (tertiary/aromatic N) is 3. The lowest BCUT2D eigenvalue weighted by atomic mass is 9.97. The lowest BCUT2D eigenvalue weighted by molar-refractivity contribution is -0.138. The Morgan fingerprint density at radius 1 is 1.18 bits per heavy atom. The average Bonchev–Trinajstić information content (AvgIpc) is 3.28. The third-order valence-corrected chi connectivity index (χ3v) is 6.21. The van der Waals surface area contributed by atoms with Gasteiger partial charge in [0.2, 0.25) is 11.7 Å². The summed E-state index contributed by atoms with van der Waals surface area (Å²) in [5.41, 5.74) is -0.133. The number of alkyl halides is 3. The molecular weight excluding hydrogens is 435 g/mol. The number of aryl methyl sites for hydroxylation is 1. The molecule has 2 aromatic rings. The average molecular weight is 468 g/mol. The summed E-state index contributed by atoms with van der Waals surface area (Å²) < 4.78 is 46.5. The largest absolute Gasteiger partial charge is 0.465 e. The van der Waals surface area contributed by atoms with E-state index in [1.54, 1.807) is 6.07 Å². The van der Waals surface area contributed by atoms with Crippen LogP contribution < -0.4 is 0 Å². The van der Waals surface area contributed by atoms with E-state index in [0.717, 1.165) is 31.7 Å². The van der Waals surface area contributed by atoms with Crippen LogP contribution in [0.15, 0.2) is 22.7 Å². The molecule has 0 unspecified atom stereocenters. The first kappa shape index (κ1) is 25.1. The second-order valence-electron chi connectivity index (χ2n) is 8.76. The minimum atomic E-state index is -4.47. The van der Waals surface area contributed by atoms with Crippen molar-refractivity contribution in [1.29, 1.82) is 0 Å². The number of hydrogen-bond donors (Lipinski definition) is 1. The van der Waals surface area contributed by atoms with Gasteiger partial charge in [-0.3, -0.25) is 0 Å². The van der Waals surface area contributed by atoms with Crippen molar-refractivity contribution in [3.8, 4) is 11.4 Å². The van der Waals surface area contributed by atoms with Crippen molar-refractivity contribution in [2.45, 2.75) is 83.2 Å². The number of aromatic nitrogens is 2. The van der Waals surface area contributed by atoms with Crippen LogP contribution >= 0.6 is 0 Å². The van der Waals surface area contributed by atoms with Crippen LogP contribution in [0.5, 0.6) is 0 Å². The second-order valence-corrected chi connectivity index (χ2v) is 8.76. The first-order valence-corrected chi connectivity index (χ1v) is 11.8. The Kier molecular flexibility index (Phi) is 8.74. The van der Waals surface area contributed by atoms with E-state index in [1.165, 1.54) is 30.2 Å². The molecule has 33 heavy (non-hydrogen) atoms. The molecule has 1 saturated heterocycles.